The van der Waals surface area contributed by atoms with Crippen molar-refractivity contribution in [2.45, 2.75) is 64.6 Å². The highest BCUT2D eigenvalue weighted by Gasteiger charge is 2.41. The summed E-state index contributed by atoms with van der Waals surface area (Å²) in [6.07, 6.45) is 0.596. The molecule has 1 N–H and O–H groups in total. The summed E-state index contributed by atoms with van der Waals surface area (Å²) in [5.41, 5.74) is 3.50. The summed E-state index contributed by atoms with van der Waals surface area (Å²) < 4.78 is 28.3. The van der Waals surface area contributed by atoms with Crippen LogP contribution in [0.5, 0.6) is 5.88 Å². The minimum Gasteiger partial charge on any atom is -0.530 e. The molecule has 0 radical (unpaired) electrons. The summed E-state index contributed by atoms with van der Waals surface area (Å²) in [6.45, 7) is 15.9. The van der Waals surface area contributed by atoms with Gasteiger partial charge in [0.2, 0.25) is 5.88 Å². The van der Waals surface area contributed by atoms with Crippen molar-refractivity contribution in [3.05, 3.63) is 53.0 Å². The topological polar surface area (TPSA) is 34.2 Å². The van der Waals surface area contributed by atoms with Gasteiger partial charge in [0.15, 0.2) is 1.41 Å². The summed E-state index contributed by atoms with van der Waals surface area (Å²) in [4.78, 5) is 4.95. The highest BCUT2D eigenvalue weighted by Crippen LogP contribution is 2.42. The second kappa shape index (κ2) is 6.62. The molecule has 2 heterocycles. The molecule has 1 aromatic heterocycles. The Kier molecular flexibility index (Phi) is 4.53. The Balaban J connectivity index is 2.08. The van der Waals surface area contributed by atoms with Crippen molar-refractivity contribution < 1.29 is 10.2 Å². The molecule has 0 saturated carbocycles. The molecule has 1 aliphatic rings. The van der Waals surface area contributed by atoms with Crippen LogP contribution in [0.4, 0.5) is 10.1 Å². The summed E-state index contributed by atoms with van der Waals surface area (Å²) >= 11 is 0. The fourth-order valence-corrected chi connectivity index (χ4v) is 3.90. The number of hydrogen-bond acceptors (Lipinski definition) is 3. The van der Waals surface area contributed by atoms with Crippen molar-refractivity contribution in [2.75, 3.05) is 11.9 Å². The number of anilines is 1. The molecule has 1 aromatic carbocycles. The zero-order valence-corrected chi connectivity index (χ0v) is 18.5. The van der Waals surface area contributed by atoms with E-state index in [2.05, 4.69) is 47.7 Å². The van der Waals surface area contributed by atoms with Crippen LogP contribution in [-0.2, 0) is 11.8 Å². The average molecular weight is 388 g/mol. The van der Waals surface area contributed by atoms with E-state index in [1.807, 2.05) is 6.07 Å². The third kappa shape index (κ3) is 4.03. The van der Waals surface area contributed by atoms with Crippen molar-refractivity contribution in [1.29, 1.82) is 0 Å². The van der Waals surface area contributed by atoms with Gasteiger partial charge in [-0.3, -0.25) is 0 Å². The number of benzene rings is 1. The minimum atomic E-state index is -2.08. The minimum absolute atomic E-state index is 0.0534. The fourth-order valence-electron chi connectivity index (χ4n) is 2.93. The lowest BCUT2D eigenvalue weighted by Gasteiger charge is -2.36. The van der Waals surface area contributed by atoms with Crippen molar-refractivity contribution in [2.24, 2.45) is 0 Å². The van der Waals surface area contributed by atoms with E-state index in [9.17, 15) is 4.39 Å². The second-order valence-corrected chi connectivity index (χ2v) is 14.4. The standard InChI is InChI=1S/C22H31FN2OSi/c1-21(2,3)27(6,7)26-20-16(12-15-8-10-17(23)11-9-15)13-18-19(25-20)22(4,5)14-24-18/h8-11,13,24H,12,14H2,1-7H3/i/hD. The summed E-state index contributed by atoms with van der Waals surface area (Å²) in [7, 11) is -2.08. The number of nitrogens with one attached hydrogen (secondary N) is 1. The van der Waals surface area contributed by atoms with Crippen molar-refractivity contribution in [3.8, 4) is 5.88 Å². The predicted octanol–water partition coefficient (Wildman–Crippen LogP) is 5.90. The van der Waals surface area contributed by atoms with E-state index in [0.717, 1.165) is 22.5 Å². The lowest BCUT2D eigenvalue weighted by atomic mass is 9.91. The maximum absolute atomic E-state index is 13.3. The normalized spacial score (nSPS) is 16.9. The Hall–Kier alpha value is -1.88. The Morgan fingerprint density at radius 2 is 1.89 bits per heavy atom. The van der Waals surface area contributed by atoms with E-state index < -0.39 is 8.32 Å². The Bertz CT molecular complexity index is 875. The molecule has 5 heteroatoms. The van der Waals surface area contributed by atoms with E-state index in [1.165, 1.54) is 17.4 Å². The molecule has 0 unspecified atom stereocenters. The van der Waals surface area contributed by atoms with Crippen LogP contribution < -0.4 is 9.74 Å². The highest BCUT2D eigenvalue weighted by molar-refractivity contribution is 6.74. The number of hydrogen-bond donors (Lipinski definition) is 1. The number of rotatable bonds is 4. The van der Waals surface area contributed by atoms with Crippen LogP contribution in [0.15, 0.2) is 30.3 Å². The zero-order valence-electron chi connectivity index (χ0n) is 18.5. The second-order valence-electron chi connectivity index (χ2n) is 9.69. The summed E-state index contributed by atoms with van der Waals surface area (Å²) in [5, 5.41) is 1.57. The molecule has 0 fully saturated rings. The first kappa shape index (κ1) is 18.5. The van der Waals surface area contributed by atoms with E-state index in [4.69, 9.17) is 10.8 Å². The molecule has 2 aromatic rings. The van der Waals surface area contributed by atoms with Crippen molar-refractivity contribution in [1.82, 2.24) is 4.98 Å². The lowest BCUT2D eigenvalue weighted by molar-refractivity contribution is 0.463. The van der Waals surface area contributed by atoms with E-state index in [0.29, 0.717) is 18.8 Å². The quantitative estimate of drug-likeness (QED) is 0.663. The number of fused-ring (bicyclic) bond motifs is 1. The SMILES string of the molecule is [2H]N1CC(C)(C)c2nc(O[Si](C)(C)C(C)(C)C)c(Cc3ccc(F)cc3)cc21. The monoisotopic (exact) mass is 387 g/mol. The van der Waals surface area contributed by atoms with Crippen LogP contribution in [0, 0.1) is 5.82 Å². The van der Waals surface area contributed by atoms with E-state index in [-0.39, 0.29) is 16.3 Å². The average Bonchev–Trinajstić information content (AvgIpc) is 2.77. The first-order valence-electron chi connectivity index (χ1n) is 9.99. The molecule has 0 amide bonds. The van der Waals surface area contributed by atoms with Crippen LogP contribution in [0.1, 0.15) is 51.4 Å². The molecule has 0 saturated heterocycles. The zero-order chi connectivity index (χ0) is 20.9. The maximum Gasteiger partial charge on any atom is 0.252 e. The molecule has 3 nitrogen and oxygen atoms in total. The largest absolute Gasteiger partial charge is 0.530 e. The molecule has 146 valence electrons. The fraction of sp³-hybridized carbons (Fsp3) is 0.500. The molecular formula is C22H31FN2OSi. The Labute approximate surface area is 165 Å². The number of aromatic nitrogens is 1. The van der Waals surface area contributed by atoms with Gasteiger partial charge in [-0.15, -0.1) is 0 Å². The molecule has 27 heavy (non-hydrogen) atoms. The van der Waals surface area contributed by atoms with Crippen LogP contribution in [-0.4, -0.2) is 19.8 Å². The van der Waals surface area contributed by atoms with Gasteiger partial charge in [-0.2, -0.15) is 0 Å². The molecule has 3 rings (SSSR count). The smallest absolute Gasteiger partial charge is 0.252 e. The molecule has 0 aliphatic carbocycles. The molecule has 0 bridgehead atoms. The number of halogens is 1. The van der Waals surface area contributed by atoms with Gasteiger partial charge in [-0.25, -0.2) is 9.37 Å². The Morgan fingerprint density at radius 1 is 1.26 bits per heavy atom. The van der Waals surface area contributed by atoms with Crippen LogP contribution >= 0.6 is 0 Å². The predicted molar refractivity (Wildman–Crippen MR) is 113 cm³/mol. The van der Waals surface area contributed by atoms with Gasteiger partial charge in [0, 0.05) is 23.9 Å². The van der Waals surface area contributed by atoms with E-state index in [1.54, 1.807) is 12.1 Å². The summed E-state index contributed by atoms with van der Waals surface area (Å²) in [6, 6.07) is 8.58. The first-order valence-corrected chi connectivity index (χ1v) is 12.5. The van der Waals surface area contributed by atoms with Gasteiger partial charge >= 0.3 is 0 Å². The van der Waals surface area contributed by atoms with Gasteiger partial charge in [-0.1, -0.05) is 46.8 Å². The third-order valence-corrected chi connectivity index (χ3v) is 10.1. The van der Waals surface area contributed by atoms with Crippen molar-refractivity contribution >= 4 is 14.0 Å². The highest BCUT2D eigenvalue weighted by atomic mass is 28.4. The number of pyridine rings is 1. The molecular weight excluding hydrogens is 355 g/mol. The molecule has 0 atom stereocenters. The van der Waals surface area contributed by atoms with Gasteiger partial charge in [0.05, 0.1) is 11.4 Å². The summed E-state index contributed by atoms with van der Waals surface area (Å²) in [5.74, 6) is 0.422. The van der Waals surface area contributed by atoms with Gasteiger partial charge in [0.1, 0.15) is 5.82 Å². The molecule has 0 spiro atoms. The lowest BCUT2D eigenvalue weighted by Crippen LogP contribution is -2.44. The Morgan fingerprint density at radius 3 is 2.48 bits per heavy atom. The van der Waals surface area contributed by atoms with Crippen LogP contribution in [0.3, 0.4) is 0 Å². The van der Waals surface area contributed by atoms with Gasteiger partial charge in [-0.05, 0) is 41.9 Å². The number of nitrogens with zero attached hydrogens (tertiary/aromatic N) is 1. The van der Waals surface area contributed by atoms with Crippen molar-refractivity contribution in [3.63, 3.8) is 0 Å². The van der Waals surface area contributed by atoms with E-state index >= 15 is 0 Å². The van der Waals surface area contributed by atoms with Crippen LogP contribution in [0.2, 0.25) is 19.5 Å². The van der Waals surface area contributed by atoms with Gasteiger partial charge in [0.25, 0.3) is 8.32 Å². The third-order valence-electron chi connectivity index (χ3n) is 5.79. The van der Waals surface area contributed by atoms with Crippen LogP contribution in [0.25, 0.3) is 0 Å². The van der Waals surface area contributed by atoms with Gasteiger partial charge < -0.3 is 9.74 Å². The maximum atomic E-state index is 13.3. The molecule has 1 aliphatic heterocycles. The first-order chi connectivity index (χ1) is 12.8.